The average Bonchev–Trinajstić information content (AvgIpc) is 3.16. The second kappa shape index (κ2) is 7.67. The van der Waals surface area contributed by atoms with Gasteiger partial charge in [0.1, 0.15) is 11.3 Å². The van der Waals surface area contributed by atoms with Crippen molar-refractivity contribution in [1.82, 2.24) is 15.0 Å². The zero-order valence-corrected chi connectivity index (χ0v) is 15.4. The monoisotopic (exact) mass is 404 g/mol. The van der Waals surface area contributed by atoms with Crippen LogP contribution < -0.4 is 5.73 Å². The van der Waals surface area contributed by atoms with E-state index in [1.54, 1.807) is 42.7 Å². The lowest BCUT2D eigenvalue weighted by molar-refractivity contribution is -0.113. The van der Waals surface area contributed by atoms with Crippen molar-refractivity contribution < 1.29 is 18.4 Å². The van der Waals surface area contributed by atoms with Crippen molar-refractivity contribution in [2.24, 2.45) is 5.73 Å². The lowest BCUT2D eigenvalue weighted by atomic mass is 10.0. The van der Waals surface area contributed by atoms with Crippen molar-refractivity contribution in [3.8, 4) is 11.1 Å². The van der Waals surface area contributed by atoms with E-state index < -0.39 is 23.3 Å². The Balaban J connectivity index is 1.64. The number of pyridine rings is 2. The number of halogens is 2. The number of ketones is 1. The smallest absolute Gasteiger partial charge is 0.241 e. The van der Waals surface area contributed by atoms with E-state index in [1.165, 1.54) is 6.08 Å². The Morgan fingerprint density at radius 3 is 2.43 bits per heavy atom. The van der Waals surface area contributed by atoms with E-state index in [0.29, 0.717) is 11.8 Å². The summed E-state index contributed by atoms with van der Waals surface area (Å²) in [7, 11) is 0. The predicted octanol–water partition coefficient (Wildman–Crippen LogP) is 3.63. The standard InChI is InChI=1S/C22H14F2N4O2/c23-17-8-19(26-11-18(17)24)21(30)13-3-1-12(2-4-13)15-7-16-14(5-6-20(25)29)9-27-22(16)28-10-15/h1-11H,(H2,25,29)(H,27,28)/b6-5+. The van der Waals surface area contributed by atoms with Gasteiger partial charge in [-0.1, -0.05) is 24.3 Å². The highest BCUT2D eigenvalue weighted by atomic mass is 19.2. The number of nitrogens with zero attached hydrogens (tertiary/aromatic N) is 2. The van der Waals surface area contributed by atoms with Gasteiger partial charge in [-0.2, -0.15) is 0 Å². The number of aromatic amines is 1. The first-order valence-electron chi connectivity index (χ1n) is 8.83. The van der Waals surface area contributed by atoms with Gasteiger partial charge >= 0.3 is 0 Å². The molecular formula is C22H14F2N4O2. The highest BCUT2D eigenvalue weighted by Crippen LogP contribution is 2.26. The molecule has 0 unspecified atom stereocenters. The molecule has 0 bridgehead atoms. The second-order valence-electron chi connectivity index (χ2n) is 6.49. The number of fused-ring (bicyclic) bond motifs is 1. The van der Waals surface area contributed by atoms with Gasteiger partial charge in [-0.3, -0.25) is 9.59 Å². The zero-order valence-electron chi connectivity index (χ0n) is 15.4. The zero-order chi connectivity index (χ0) is 21.3. The lowest BCUT2D eigenvalue weighted by Gasteiger charge is -2.05. The maximum Gasteiger partial charge on any atom is 0.241 e. The van der Waals surface area contributed by atoms with Crippen LogP contribution in [-0.2, 0) is 4.79 Å². The Bertz CT molecular complexity index is 1310. The van der Waals surface area contributed by atoms with Crippen LogP contribution in [0.25, 0.3) is 28.2 Å². The Kier molecular flexibility index (Phi) is 4.89. The summed E-state index contributed by atoms with van der Waals surface area (Å²) >= 11 is 0. The number of benzene rings is 1. The molecule has 0 aliphatic carbocycles. The summed E-state index contributed by atoms with van der Waals surface area (Å²) < 4.78 is 26.4. The molecule has 0 atom stereocenters. The van der Waals surface area contributed by atoms with Crippen LogP contribution in [0, 0.1) is 11.6 Å². The number of hydrogen-bond acceptors (Lipinski definition) is 4. The van der Waals surface area contributed by atoms with Crippen LogP contribution in [-0.4, -0.2) is 26.6 Å². The third kappa shape index (κ3) is 3.70. The van der Waals surface area contributed by atoms with Crippen molar-refractivity contribution in [2.75, 3.05) is 0 Å². The second-order valence-corrected chi connectivity index (χ2v) is 6.49. The third-order valence-electron chi connectivity index (χ3n) is 4.51. The number of H-pyrrole nitrogens is 1. The minimum Gasteiger partial charge on any atom is -0.366 e. The maximum atomic E-state index is 13.4. The van der Waals surface area contributed by atoms with E-state index >= 15 is 0 Å². The molecular weight excluding hydrogens is 390 g/mol. The Morgan fingerprint density at radius 1 is 0.967 bits per heavy atom. The molecule has 1 aromatic carbocycles. The van der Waals surface area contributed by atoms with E-state index in [-0.39, 0.29) is 11.3 Å². The van der Waals surface area contributed by atoms with Crippen LogP contribution in [0.1, 0.15) is 21.6 Å². The van der Waals surface area contributed by atoms with Gasteiger partial charge in [0.25, 0.3) is 0 Å². The summed E-state index contributed by atoms with van der Waals surface area (Å²) in [4.78, 5) is 34.5. The highest BCUT2D eigenvalue weighted by molar-refractivity contribution is 6.08. The van der Waals surface area contributed by atoms with Gasteiger partial charge in [0.15, 0.2) is 11.6 Å². The Morgan fingerprint density at radius 2 is 1.73 bits per heavy atom. The SMILES string of the molecule is NC(=O)/C=C/c1c[nH]c2ncc(-c3ccc(C(=O)c4cc(F)c(F)cn4)cc3)cc12. The van der Waals surface area contributed by atoms with Gasteiger partial charge in [0.2, 0.25) is 11.7 Å². The van der Waals surface area contributed by atoms with Gasteiger partial charge in [-0.15, -0.1) is 0 Å². The van der Waals surface area contributed by atoms with Crippen molar-refractivity contribution >= 4 is 28.8 Å². The molecule has 8 heteroatoms. The molecule has 0 saturated carbocycles. The number of hydrogen-bond donors (Lipinski definition) is 2. The fourth-order valence-electron chi connectivity index (χ4n) is 2.99. The molecule has 0 fully saturated rings. The molecule has 0 aliphatic rings. The number of rotatable bonds is 5. The van der Waals surface area contributed by atoms with Crippen LogP contribution in [0.3, 0.4) is 0 Å². The van der Waals surface area contributed by atoms with Gasteiger partial charge in [0, 0.05) is 46.6 Å². The number of carbonyl (C=O) groups is 2. The fraction of sp³-hybridized carbons (Fsp3) is 0. The number of carbonyl (C=O) groups excluding carboxylic acids is 2. The summed E-state index contributed by atoms with van der Waals surface area (Å²) in [6, 6.07) is 9.28. The summed E-state index contributed by atoms with van der Waals surface area (Å²) in [6.07, 6.45) is 6.94. The Hall–Kier alpha value is -4.20. The first-order chi connectivity index (χ1) is 14.4. The molecule has 148 valence electrons. The van der Waals surface area contributed by atoms with Crippen molar-refractivity contribution in [3.63, 3.8) is 0 Å². The van der Waals surface area contributed by atoms with E-state index in [0.717, 1.165) is 28.1 Å². The number of nitrogens with one attached hydrogen (secondary N) is 1. The van der Waals surface area contributed by atoms with Crippen molar-refractivity contribution in [2.45, 2.75) is 0 Å². The molecule has 3 heterocycles. The minimum absolute atomic E-state index is 0.178. The minimum atomic E-state index is -1.13. The topological polar surface area (TPSA) is 102 Å². The molecule has 0 aliphatic heterocycles. The summed E-state index contributed by atoms with van der Waals surface area (Å²) in [6.45, 7) is 0. The first-order valence-corrected chi connectivity index (χ1v) is 8.83. The normalized spacial score (nSPS) is 11.3. The van der Waals surface area contributed by atoms with Crippen LogP contribution in [0.15, 0.2) is 61.1 Å². The summed E-state index contributed by atoms with van der Waals surface area (Å²) in [5.41, 5.74) is 8.26. The average molecular weight is 404 g/mol. The predicted molar refractivity (Wildman–Crippen MR) is 107 cm³/mol. The van der Waals surface area contributed by atoms with Crippen LogP contribution in [0.5, 0.6) is 0 Å². The van der Waals surface area contributed by atoms with E-state index in [4.69, 9.17) is 5.73 Å². The first kappa shape index (κ1) is 19.1. The molecule has 0 radical (unpaired) electrons. The third-order valence-corrected chi connectivity index (χ3v) is 4.51. The van der Waals surface area contributed by atoms with Gasteiger partial charge in [-0.25, -0.2) is 18.7 Å². The van der Waals surface area contributed by atoms with E-state index in [9.17, 15) is 18.4 Å². The quantitative estimate of drug-likeness (QED) is 0.392. The van der Waals surface area contributed by atoms with E-state index in [2.05, 4.69) is 15.0 Å². The molecule has 30 heavy (non-hydrogen) atoms. The van der Waals surface area contributed by atoms with Crippen molar-refractivity contribution in [3.05, 3.63) is 89.5 Å². The molecule has 3 aromatic heterocycles. The molecule has 0 spiro atoms. The van der Waals surface area contributed by atoms with Gasteiger partial charge in [0.05, 0.1) is 6.20 Å². The summed E-state index contributed by atoms with van der Waals surface area (Å²) in [5, 5.41) is 0.802. The number of primary amides is 1. The molecule has 4 rings (SSSR count). The van der Waals surface area contributed by atoms with Gasteiger partial charge < -0.3 is 10.7 Å². The molecule has 1 amide bonds. The molecule has 3 N–H and O–H groups in total. The van der Waals surface area contributed by atoms with Crippen LogP contribution in [0.2, 0.25) is 0 Å². The van der Waals surface area contributed by atoms with Crippen molar-refractivity contribution in [1.29, 1.82) is 0 Å². The molecule has 4 aromatic rings. The maximum absolute atomic E-state index is 13.4. The van der Waals surface area contributed by atoms with Crippen LogP contribution >= 0.6 is 0 Å². The van der Waals surface area contributed by atoms with Gasteiger partial charge in [-0.05, 0) is 17.7 Å². The number of nitrogens with two attached hydrogens (primary N) is 1. The van der Waals surface area contributed by atoms with Crippen LogP contribution in [0.4, 0.5) is 8.78 Å². The summed E-state index contributed by atoms with van der Waals surface area (Å²) in [5.74, 6) is -3.31. The number of aromatic nitrogens is 3. The van der Waals surface area contributed by atoms with E-state index in [1.807, 2.05) is 6.07 Å². The Labute approximate surface area is 169 Å². The largest absolute Gasteiger partial charge is 0.366 e. The fourth-order valence-corrected chi connectivity index (χ4v) is 2.99. The molecule has 6 nitrogen and oxygen atoms in total. The highest BCUT2D eigenvalue weighted by Gasteiger charge is 2.14. The molecule has 0 saturated heterocycles. The lowest BCUT2D eigenvalue weighted by Crippen LogP contribution is -2.05. The number of amides is 1.